The Kier molecular flexibility index (Phi) is 4.32. The summed E-state index contributed by atoms with van der Waals surface area (Å²) >= 11 is 0. The molecule has 2 aliphatic carbocycles. The predicted molar refractivity (Wildman–Crippen MR) is 102 cm³/mol. The molecule has 2 aliphatic heterocycles. The molecule has 5 atom stereocenters. The van der Waals surface area contributed by atoms with Crippen LogP contribution in [-0.2, 0) is 0 Å². The summed E-state index contributed by atoms with van der Waals surface area (Å²) in [5, 5.41) is 0. The topological polar surface area (TPSA) is 6.48 Å². The van der Waals surface area contributed by atoms with Crippen LogP contribution in [0.1, 0.15) is 79.6 Å². The van der Waals surface area contributed by atoms with E-state index in [-0.39, 0.29) is 0 Å². The Morgan fingerprint density at radius 2 is 1.38 bits per heavy atom. The Morgan fingerprint density at radius 3 is 1.92 bits per heavy atom. The van der Waals surface area contributed by atoms with Gasteiger partial charge in [0.2, 0.25) is 0 Å². The van der Waals surface area contributed by atoms with Crippen molar-refractivity contribution in [3.63, 3.8) is 0 Å². The number of piperidine rings is 2. The first-order chi connectivity index (χ1) is 11.2. The zero-order chi connectivity index (χ0) is 17.1. The van der Waals surface area contributed by atoms with Crippen molar-refractivity contribution in [3.8, 4) is 0 Å². The summed E-state index contributed by atoms with van der Waals surface area (Å²) < 4.78 is 0. The van der Waals surface area contributed by atoms with E-state index in [9.17, 15) is 0 Å². The molecule has 2 nitrogen and oxygen atoms in total. The van der Waals surface area contributed by atoms with Crippen molar-refractivity contribution in [2.45, 2.75) is 96.7 Å². The van der Waals surface area contributed by atoms with Gasteiger partial charge in [-0.15, -0.1) is 0 Å². The van der Waals surface area contributed by atoms with Crippen LogP contribution in [0.4, 0.5) is 0 Å². The van der Waals surface area contributed by atoms with Crippen molar-refractivity contribution < 1.29 is 0 Å². The van der Waals surface area contributed by atoms with Crippen LogP contribution < -0.4 is 0 Å². The fourth-order valence-electron chi connectivity index (χ4n) is 6.29. The lowest BCUT2D eigenvalue weighted by Gasteiger charge is -2.57. The van der Waals surface area contributed by atoms with Crippen LogP contribution in [0.3, 0.4) is 0 Å². The highest BCUT2D eigenvalue weighted by Crippen LogP contribution is 2.47. The molecule has 0 aromatic heterocycles. The fraction of sp³-hybridized carbons (Fsp3) is 1.00. The van der Waals surface area contributed by atoms with Gasteiger partial charge in [0.1, 0.15) is 0 Å². The average molecular weight is 333 g/mol. The zero-order valence-corrected chi connectivity index (χ0v) is 16.9. The third kappa shape index (κ3) is 3.07. The first-order valence-electron chi connectivity index (χ1n) is 10.8. The number of hydrogen-bond donors (Lipinski definition) is 0. The smallest absolute Gasteiger partial charge is 0.0168 e. The van der Waals surface area contributed by atoms with E-state index in [4.69, 9.17) is 0 Å². The molecule has 4 fully saturated rings. The molecule has 0 amide bonds. The molecular weight excluding hydrogens is 292 g/mol. The van der Waals surface area contributed by atoms with Crippen LogP contribution in [0, 0.1) is 23.7 Å². The van der Waals surface area contributed by atoms with Crippen molar-refractivity contribution in [3.05, 3.63) is 0 Å². The van der Waals surface area contributed by atoms with Gasteiger partial charge in [-0.3, -0.25) is 9.80 Å². The molecule has 0 N–H and O–H groups in total. The monoisotopic (exact) mass is 332 g/mol. The summed E-state index contributed by atoms with van der Waals surface area (Å²) in [6, 6.07) is 0.792. The number of hydrogen-bond acceptors (Lipinski definition) is 2. The Morgan fingerprint density at radius 1 is 0.750 bits per heavy atom. The van der Waals surface area contributed by atoms with Gasteiger partial charge in [-0.25, -0.2) is 0 Å². The molecule has 0 aromatic rings. The lowest BCUT2D eigenvalue weighted by Crippen LogP contribution is -2.61. The van der Waals surface area contributed by atoms with Gasteiger partial charge in [-0.2, -0.15) is 0 Å². The van der Waals surface area contributed by atoms with Gasteiger partial charge in [0, 0.05) is 30.2 Å². The van der Waals surface area contributed by atoms with E-state index < -0.39 is 0 Å². The zero-order valence-electron chi connectivity index (χ0n) is 16.9. The molecule has 4 rings (SSSR count). The van der Waals surface area contributed by atoms with E-state index in [1.807, 2.05) is 0 Å². The molecule has 138 valence electrons. The Bertz CT molecular complexity index is 463. The van der Waals surface area contributed by atoms with E-state index in [2.05, 4.69) is 44.4 Å². The molecule has 0 radical (unpaired) electrons. The first-order valence-corrected chi connectivity index (χ1v) is 10.8. The minimum Gasteiger partial charge on any atom is -0.298 e. The minimum absolute atomic E-state index is 0.322. The maximum absolute atomic E-state index is 2.88. The number of fused-ring (bicyclic) bond motifs is 2. The molecule has 2 heterocycles. The average Bonchev–Trinajstić information content (AvgIpc) is 2.41. The van der Waals surface area contributed by atoms with E-state index in [0.29, 0.717) is 11.1 Å². The third-order valence-corrected chi connectivity index (χ3v) is 8.27. The highest BCUT2D eigenvalue weighted by molar-refractivity contribution is 5.01. The van der Waals surface area contributed by atoms with Crippen LogP contribution in [0.25, 0.3) is 0 Å². The van der Waals surface area contributed by atoms with Gasteiger partial charge in [0.15, 0.2) is 0 Å². The van der Waals surface area contributed by atoms with Crippen LogP contribution in [0.15, 0.2) is 0 Å². The van der Waals surface area contributed by atoms with Crippen LogP contribution in [-0.4, -0.2) is 46.6 Å². The largest absolute Gasteiger partial charge is 0.298 e. The number of rotatable bonds is 3. The predicted octanol–water partition coefficient (Wildman–Crippen LogP) is 4.79. The van der Waals surface area contributed by atoms with Crippen molar-refractivity contribution in [2.24, 2.45) is 23.7 Å². The molecule has 0 aromatic carbocycles. The quantitative estimate of drug-likeness (QED) is 0.733. The van der Waals surface area contributed by atoms with Gasteiger partial charge in [0.05, 0.1) is 0 Å². The molecule has 2 heteroatoms. The fourth-order valence-corrected chi connectivity index (χ4v) is 6.29. The summed E-state index contributed by atoms with van der Waals surface area (Å²) in [5.74, 6) is 4.16. The highest BCUT2D eigenvalue weighted by Gasteiger charge is 2.47. The first kappa shape index (κ1) is 17.3. The van der Waals surface area contributed by atoms with Crippen LogP contribution in [0.5, 0.6) is 0 Å². The van der Waals surface area contributed by atoms with Gasteiger partial charge in [-0.1, -0.05) is 0 Å². The van der Waals surface area contributed by atoms with Crippen LogP contribution >= 0.6 is 0 Å². The Hall–Kier alpha value is -0.0800. The number of likely N-dealkylation sites (tertiary alicyclic amines) is 2. The Balaban J connectivity index is 1.44. The highest BCUT2D eigenvalue weighted by atomic mass is 15.3. The van der Waals surface area contributed by atoms with Gasteiger partial charge < -0.3 is 0 Å². The van der Waals surface area contributed by atoms with Crippen molar-refractivity contribution in [1.29, 1.82) is 0 Å². The third-order valence-electron chi connectivity index (χ3n) is 8.27. The minimum atomic E-state index is 0.322. The second-order valence-electron chi connectivity index (χ2n) is 11.2. The maximum atomic E-state index is 2.88. The summed E-state index contributed by atoms with van der Waals surface area (Å²) in [7, 11) is 0. The molecule has 2 saturated carbocycles. The summed E-state index contributed by atoms with van der Waals surface area (Å²) in [4.78, 5) is 5.74. The summed E-state index contributed by atoms with van der Waals surface area (Å²) in [6.45, 7) is 16.5. The lowest BCUT2D eigenvalue weighted by molar-refractivity contribution is -0.0721. The molecule has 2 saturated heterocycles. The van der Waals surface area contributed by atoms with Crippen molar-refractivity contribution in [2.75, 3.05) is 19.6 Å². The standard InChI is InChI=1S/C22H40N2/c1-21(2,3)24-15-19-9-7-17(19)12-20(24)13-22(4,5)23-11-10-16-6-8-18(16)14-23/h16-20H,6-15H2,1-5H3. The van der Waals surface area contributed by atoms with E-state index >= 15 is 0 Å². The molecule has 0 spiro atoms. The van der Waals surface area contributed by atoms with E-state index in [0.717, 1.165) is 29.7 Å². The molecule has 24 heavy (non-hydrogen) atoms. The van der Waals surface area contributed by atoms with Gasteiger partial charge in [-0.05, 0) is 110 Å². The molecule has 0 bridgehead atoms. The van der Waals surface area contributed by atoms with E-state index in [1.165, 1.54) is 64.6 Å². The SMILES string of the molecule is CC(C)(C)N1CC2CCC2CC1CC(C)(C)N1CCC2CCC2C1. The van der Waals surface area contributed by atoms with Gasteiger partial charge in [0.25, 0.3) is 0 Å². The van der Waals surface area contributed by atoms with Crippen LogP contribution in [0.2, 0.25) is 0 Å². The normalized spacial score (nSPS) is 41.1. The second-order valence-corrected chi connectivity index (χ2v) is 11.2. The summed E-state index contributed by atoms with van der Waals surface area (Å²) in [5.41, 5.74) is 0.688. The molecule has 4 aliphatic rings. The number of nitrogens with zero attached hydrogens (tertiary/aromatic N) is 2. The summed E-state index contributed by atoms with van der Waals surface area (Å²) in [6.07, 6.45) is 10.3. The van der Waals surface area contributed by atoms with E-state index in [1.54, 1.807) is 0 Å². The lowest BCUT2D eigenvalue weighted by atomic mass is 9.65. The Labute approximate surface area is 150 Å². The maximum Gasteiger partial charge on any atom is 0.0168 e. The van der Waals surface area contributed by atoms with Crippen molar-refractivity contribution >= 4 is 0 Å². The van der Waals surface area contributed by atoms with Crippen molar-refractivity contribution in [1.82, 2.24) is 9.80 Å². The second kappa shape index (κ2) is 5.98. The van der Waals surface area contributed by atoms with Gasteiger partial charge >= 0.3 is 0 Å². The molecule has 5 unspecified atom stereocenters. The molecular formula is C22H40N2.